The van der Waals surface area contributed by atoms with Crippen LogP contribution in [-0.4, -0.2) is 24.3 Å². The third-order valence-electron chi connectivity index (χ3n) is 4.50. The van der Waals surface area contributed by atoms with Crippen LogP contribution in [0.1, 0.15) is 36.3 Å². The van der Waals surface area contributed by atoms with Gasteiger partial charge in [-0.3, -0.25) is 4.79 Å². The number of hydrogen-bond donors (Lipinski definition) is 1. The molecule has 0 radical (unpaired) electrons. The van der Waals surface area contributed by atoms with Crippen LogP contribution in [0.25, 0.3) is 0 Å². The molecule has 18 heavy (non-hydrogen) atoms. The molecule has 0 bridgehead atoms. The van der Waals surface area contributed by atoms with Gasteiger partial charge in [-0.1, -0.05) is 24.3 Å². The maximum absolute atomic E-state index is 11.6. The second-order valence-corrected chi connectivity index (χ2v) is 5.50. The van der Waals surface area contributed by atoms with Gasteiger partial charge in [0, 0.05) is 13.2 Å². The van der Waals surface area contributed by atoms with Gasteiger partial charge < -0.3 is 9.84 Å². The molecule has 1 aromatic carbocycles. The highest BCUT2D eigenvalue weighted by atomic mass is 16.5. The first-order valence-corrected chi connectivity index (χ1v) is 6.60. The monoisotopic (exact) mass is 246 g/mol. The molecule has 1 atom stereocenters. The zero-order chi connectivity index (χ0) is 12.6. The SMILES string of the molecule is O=C(O)C1(CC2Cc3ccccc32)CCOCC1. The van der Waals surface area contributed by atoms with E-state index in [1.54, 1.807) is 0 Å². The van der Waals surface area contributed by atoms with Crippen LogP contribution in [-0.2, 0) is 16.0 Å². The molecule has 2 aliphatic rings. The summed E-state index contributed by atoms with van der Waals surface area (Å²) in [5.74, 6) is -0.217. The van der Waals surface area contributed by atoms with E-state index < -0.39 is 11.4 Å². The standard InChI is InChI=1S/C15H18O3/c16-14(17)15(5-7-18-8-6-15)10-12-9-11-3-1-2-4-13(11)12/h1-4,12H,5-10H2,(H,16,17). The van der Waals surface area contributed by atoms with Crippen molar-refractivity contribution in [1.29, 1.82) is 0 Å². The van der Waals surface area contributed by atoms with Gasteiger partial charge in [-0.2, -0.15) is 0 Å². The number of aliphatic carboxylic acids is 1. The van der Waals surface area contributed by atoms with E-state index in [1.165, 1.54) is 11.1 Å². The van der Waals surface area contributed by atoms with Crippen LogP contribution in [0.5, 0.6) is 0 Å². The summed E-state index contributed by atoms with van der Waals surface area (Å²) >= 11 is 0. The van der Waals surface area contributed by atoms with Crippen LogP contribution in [0.15, 0.2) is 24.3 Å². The van der Waals surface area contributed by atoms with Crippen molar-refractivity contribution in [3.8, 4) is 0 Å². The highest BCUT2D eigenvalue weighted by molar-refractivity contribution is 5.75. The summed E-state index contributed by atoms with van der Waals surface area (Å²) in [6.07, 6.45) is 3.11. The average Bonchev–Trinajstić information content (AvgIpc) is 2.37. The van der Waals surface area contributed by atoms with Crippen molar-refractivity contribution in [1.82, 2.24) is 0 Å². The average molecular weight is 246 g/mol. The number of rotatable bonds is 3. The molecule has 1 saturated heterocycles. The smallest absolute Gasteiger partial charge is 0.309 e. The van der Waals surface area contributed by atoms with E-state index in [0.717, 1.165) is 12.8 Å². The fourth-order valence-corrected chi connectivity index (χ4v) is 3.28. The van der Waals surface area contributed by atoms with Gasteiger partial charge in [-0.05, 0) is 42.7 Å². The maximum atomic E-state index is 11.6. The summed E-state index contributed by atoms with van der Waals surface area (Å²) in [7, 11) is 0. The molecule has 1 N–H and O–H groups in total. The lowest BCUT2D eigenvalue weighted by Crippen LogP contribution is -2.40. The van der Waals surface area contributed by atoms with E-state index in [1.807, 2.05) is 6.07 Å². The Morgan fingerprint density at radius 1 is 1.33 bits per heavy atom. The van der Waals surface area contributed by atoms with Crippen LogP contribution in [0.2, 0.25) is 0 Å². The summed E-state index contributed by atoms with van der Waals surface area (Å²) in [5, 5.41) is 9.55. The van der Waals surface area contributed by atoms with Crippen molar-refractivity contribution in [2.24, 2.45) is 5.41 Å². The molecule has 1 aliphatic carbocycles. The lowest BCUT2D eigenvalue weighted by Gasteiger charge is -2.40. The molecule has 1 aliphatic heterocycles. The normalized spacial score (nSPS) is 25.0. The molecule has 1 unspecified atom stereocenters. The first-order valence-electron chi connectivity index (χ1n) is 6.60. The van der Waals surface area contributed by atoms with Crippen LogP contribution in [0.3, 0.4) is 0 Å². The van der Waals surface area contributed by atoms with Gasteiger partial charge in [-0.25, -0.2) is 0 Å². The first kappa shape index (κ1) is 11.7. The molecular weight excluding hydrogens is 228 g/mol. The Labute approximate surface area is 107 Å². The minimum atomic E-state index is -0.643. The molecular formula is C15H18O3. The molecule has 0 amide bonds. The zero-order valence-electron chi connectivity index (χ0n) is 10.4. The number of fused-ring (bicyclic) bond motifs is 1. The third-order valence-corrected chi connectivity index (χ3v) is 4.50. The summed E-state index contributed by atoms with van der Waals surface area (Å²) in [4.78, 5) is 11.6. The molecule has 0 aromatic heterocycles. The van der Waals surface area contributed by atoms with Crippen LogP contribution < -0.4 is 0 Å². The summed E-state index contributed by atoms with van der Waals surface area (Å²) in [6, 6.07) is 8.38. The predicted molar refractivity (Wildman–Crippen MR) is 67.6 cm³/mol. The van der Waals surface area contributed by atoms with Gasteiger partial charge in [0.15, 0.2) is 0 Å². The minimum Gasteiger partial charge on any atom is -0.481 e. The zero-order valence-corrected chi connectivity index (χ0v) is 10.4. The van der Waals surface area contributed by atoms with Gasteiger partial charge in [0.05, 0.1) is 5.41 Å². The molecule has 1 fully saturated rings. The summed E-state index contributed by atoms with van der Waals surface area (Å²) in [5.41, 5.74) is 2.18. The second kappa shape index (κ2) is 4.39. The fourth-order valence-electron chi connectivity index (χ4n) is 3.28. The Kier molecular flexibility index (Phi) is 2.86. The highest BCUT2D eigenvalue weighted by Crippen LogP contribution is 2.46. The largest absolute Gasteiger partial charge is 0.481 e. The van der Waals surface area contributed by atoms with Crippen LogP contribution in [0, 0.1) is 5.41 Å². The van der Waals surface area contributed by atoms with E-state index in [-0.39, 0.29) is 0 Å². The molecule has 0 spiro atoms. The van der Waals surface area contributed by atoms with E-state index in [9.17, 15) is 9.90 Å². The number of carboxylic acids is 1. The van der Waals surface area contributed by atoms with Gasteiger partial charge >= 0.3 is 5.97 Å². The minimum absolute atomic E-state index is 0.426. The van der Waals surface area contributed by atoms with Crippen molar-refractivity contribution in [3.05, 3.63) is 35.4 Å². The van der Waals surface area contributed by atoms with E-state index in [4.69, 9.17) is 4.74 Å². The lowest BCUT2D eigenvalue weighted by atomic mass is 9.66. The molecule has 3 heteroatoms. The lowest BCUT2D eigenvalue weighted by molar-refractivity contribution is -0.156. The molecule has 3 nitrogen and oxygen atoms in total. The highest BCUT2D eigenvalue weighted by Gasteiger charge is 2.44. The number of carboxylic acid groups (broad SMARTS) is 1. The fraction of sp³-hybridized carbons (Fsp3) is 0.533. The van der Waals surface area contributed by atoms with Gasteiger partial charge in [-0.15, -0.1) is 0 Å². The number of benzene rings is 1. The number of ether oxygens (including phenoxy) is 1. The summed E-state index contributed by atoms with van der Waals surface area (Å²) < 4.78 is 5.31. The number of hydrogen-bond acceptors (Lipinski definition) is 2. The van der Waals surface area contributed by atoms with Crippen LogP contribution in [0.4, 0.5) is 0 Å². The molecule has 3 rings (SSSR count). The van der Waals surface area contributed by atoms with Crippen molar-refractivity contribution >= 4 is 5.97 Å². The Bertz CT molecular complexity index is 461. The van der Waals surface area contributed by atoms with Crippen molar-refractivity contribution in [3.63, 3.8) is 0 Å². The maximum Gasteiger partial charge on any atom is 0.309 e. The topological polar surface area (TPSA) is 46.5 Å². The van der Waals surface area contributed by atoms with Gasteiger partial charge in [0.1, 0.15) is 0 Å². The van der Waals surface area contributed by atoms with Crippen molar-refractivity contribution in [2.75, 3.05) is 13.2 Å². The van der Waals surface area contributed by atoms with E-state index in [2.05, 4.69) is 18.2 Å². The Hall–Kier alpha value is -1.35. The number of carbonyl (C=O) groups is 1. The van der Waals surface area contributed by atoms with E-state index >= 15 is 0 Å². The molecule has 1 aromatic rings. The Morgan fingerprint density at radius 2 is 2.06 bits per heavy atom. The van der Waals surface area contributed by atoms with Crippen molar-refractivity contribution in [2.45, 2.75) is 31.6 Å². The van der Waals surface area contributed by atoms with E-state index in [0.29, 0.717) is 32.0 Å². The molecule has 96 valence electrons. The Morgan fingerprint density at radius 3 is 2.72 bits per heavy atom. The molecule has 0 saturated carbocycles. The van der Waals surface area contributed by atoms with Crippen molar-refractivity contribution < 1.29 is 14.6 Å². The third kappa shape index (κ3) is 1.83. The van der Waals surface area contributed by atoms with Gasteiger partial charge in [0.25, 0.3) is 0 Å². The first-order chi connectivity index (χ1) is 8.71. The molecule has 1 heterocycles. The predicted octanol–water partition coefficient (Wildman–Crippen LogP) is 2.60. The van der Waals surface area contributed by atoms with Crippen LogP contribution >= 0.6 is 0 Å². The summed E-state index contributed by atoms with van der Waals surface area (Å²) in [6.45, 7) is 1.17. The van der Waals surface area contributed by atoms with Gasteiger partial charge in [0.2, 0.25) is 0 Å². The quantitative estimate of drug-likeness (QED) is 0.891. The Balaban J connectivity index is 1.77. The second-order valence-electron chi connectivity index (χ2n) is 5.50.